The van der Waals surface area contributed by atoms with Crippen molar-refractivity contribution in [3.63, 3.8) is 0 Å². The molecule has 0 rings (SSSR count). The molecule has 0 aliphatic heterocycles. The van der Waals surface area contributed by atoms with Crippen molar-refractivity contribution in [3.05, 3.63) is 0 Å². The van der Waals surface area contributed by atoms with Crippen LogP contribution >= 0.6 is 0 Å². The van der Waals surface area contributed by atoms with Crippen LogP contribution in [0.1, 0.15) is 20.8 Å². The molecule has 3 atom stereocenters. The van der Waals surface area contributed by atoms with Gasteiger partial charge in [0.25, 0.3) is 0 Å². The van der Waals surface area contributed by atoms with Gasteiger partial charge in [-0.1, -0.05) is 0 Å². The Morgan fingerprint density at radius 2 is 1.80 bits per heavy atom. The zero-order valence-corrected chi connectivity index (χ0v) is 9.04. The molecule has 6 heteroatoms. The van der Waals surface area contributed by atoms with E-state index in [-0.39, 0.29) is 5.91 Å². The van der Waals surface area contributed by atoms with E-state index < -0.39 is 24.2 Å². The first kappa shape index (κ1) is 13.9. The maximum absolute atomic E-state index is 11.1. The molecule has 0 aliphatic carbocycles. The quantitative estimate of drug-likeness (QED) is 0.553. The van der Waals surface area contributed by atoms with Crippen LogP contribution in [0.2, 0.25) is 0 Å². The lowest BCUT2D eigenvalue weighted by atomic mass is 10.1. The van der Waals surface area contributed by atoms with Gasteiger partial charge in [0.15, 0.2) is 6.10 Å². The molecule has 0 heterocycles. The van der Waals surface area contributed by atoms with Crippen molar-refractivity contribution < 1.29 is 24.9 Å². The van der Waals surface area contributed by atoms with Crippen LogP contribution in [0.15, 0.2) is 0 Å². The topological polar surface area (TPSA) is 98.1 Å². The first-order valence-electron chi connectivity index (χ1n) is 4.69. The number of nitrogens with zero attached hydrogens (tertiary/aromatic N) is 1. The third-order valence-electron chi connectivity index (χ3n) is 2.31. The Labute approximate surface area is 88.1 Å². The fourth-order valence-electron chi connectivity index (χ4n) is 1.39. The summed E-state index contributed by atoms with van der Waals surface area (Å²) in [5.74, 6) is -1.78. The average Bonchev–Trinajstić information content (AvgIpc) is 2.15. The predicted octanol–water partition coefficient (Wildman–Crippen LogP) is -0.950. The van der Waals surface area contributed by atoms with E-state index in [9.17, 15) is 14.7 Å². The van der Waals surface area contributed by atoms with Crippen LogP contribution in [0.4, 0.5) is 0 Å². The Balaban J connectivity index is 4.60. The molecule has 15 heavy (non-hydrogen) atoms. The van der Waals surface area contributed by atoms with Gasteiger partial charge in [0.2, 0.25) is 5.91 Å². The number of rotatable bonds is 5. The zero-order valence-electron chi connectivity index (χ0n) is 9.04. The van der Waals surface area contributed by atoms with Gasteiger partial charge in [-0.3, -0.25) is 4.79 Å². The minimum Gasteiger partial charge on any atom is -0.479 e. The van der Waals surface area contributed by atoms with Gasteiger partial charge in [-0.25, -0.2) is 4.79 Å². The van der Waals surface area contributed by atoms with E-state index in [0.717, 1.165) is 0 Å². The molecule has 0 saturated heterocycles. The summed E-state index contributed by atoms with van der Waals surface area (Å²) in [5, 5.41) is 27.1. The Morgan fingerprint density at radius 3 is 2.07 bits per heavy atom. The second kappa shape index (κ2) is 5.67. The highest BCUT2D eigenvalue weighted by atomic mass is 16.4. The molecule has 88 valence electrons. The summed E-state index contributed by atoms with van der Waals surface area (Å²) in [6.45, 7) is 4.86. The number of hydrogen-bond donors (Lipinski definition) is 3. The molecule has 0 aromatic rings. The second-order valence-electron chi connectivity index (χ2n) is 3.32. The van der Waals surface area contributed by atoms with Crippen LogP contribution in [-0.4, -0.2) is 56.9 Å². The van der Waals surface area contributed by atoms with E-state index >= 15 is 0 Å². The standard InChI is InChI=1S/C9H17NO5/c1-4-10(6(3)11)5(2)7(12)8(13)9(14)15/h5,7-8,12-13H,4H2,1-3H3,(H,14,15)/t5-,7?,8?/m0/s1. The summed E-state index contributed by atoms with van der Waals surface area (Å²) in [5.41, 5.74) is 0. The number of hydrogen-bond acceptors (Lipinski definition) is 4. The maximum Gasteiger partial charge on any atom is 0.335 e. The molecule has 0 aliphatic rings. The molecule has 0 bridgehead atoms. The molecule has 6 nitrogen and oxygen atoms in total. The Morgan fingerprint density at radius 1 is 1.33 bits per heavy atom. The highest BCUT2D eigenvalue weighted by Gasteiger charge is 2.32. The normalized spacial score (nSPS) is 16.6. The van der Waals surface area contributed by atoms with Crippen molar-refractivity contribution in [2.24, 2.45) is 0 Å². The number of carbonyl (C=O) groups excluding carboxylic acids is 1. The number of aliphatic hydroxyl groups is 2. The van der Waals surface area contributed by atoms with Crippen LogP contribution < -0.4 is 0 Å². The summed E-state index contributed by atoms with van der Waals surface area (Å²) in [6, 6.07) is -0.737. The molecular weight excluding hydrogens is 202 g/mol. The largest absolute Gasteiger partial charge is 0.479 e. The van der Waals surface area contributed by atoms with Crippen molar-refractivity contribution in [1.82, 2.24) is 4.90 Å². The van der Waals surface area contributed by atoms with Gasteiger partial charge in [-0.15, -0.1) is 0 Å². The summed E-state index contributed by atoms with van der Waals surface area (Å²) in [7, 11) is 0. The van der Waals surface area contributed by atoms with E-state index in [4.69, 9.17) is 10.2 Å². The SMILES string of the molecule is CCN(C(C)=O)[C@@H](C)C(O)C(O)C(=O)O. The van der Waals surface area contributed by atoms with Crippen molar-refractivity contribution in [2.75, 3.05) is 6.54 Å². The smallest absolute Gasteiger partial charge is 0.335 e. The van der Waals surface area contributed by atoms with Crippen LogP contribution in [-0.2, 0) is 9.59 Å². The fraction of sp³-hybridized carbons (Fsp3) is 0.778. The van der Waals surface area contributed by atoms with E-state index in [1.165, 1.54) is 18.7 Å². The van der Waals surface area contributed by atoms with Crippen LogP contribution in [0, 0.1) is 0 Å². The van der Waals surface area contributed by atoms with E-state index in [1.54, 1.807) is 6.92 Å². The van der Waals surface area contributed by atoms with Gasteiger partial charge in [-0.2, -0.15) is 0 Å². The molecule has 0 saturated carbocycles. The van der Waals surface area contributed by atoms with E-state index in [0.29, 0.717) is 6.54 Å². The molecule has 0 fully saturated rings. The number of likely N-dealkylation sites (N-methyl/N-ethyl adjacent to an activating group) is 1. The third-order valence-corrected chi connectivity index (χ3v) is 2.31. The van der Waals surface area contributed by atoms with Crippen LogP contribution in [0.5, 0.6) is 0 Å². The molecule has 0 radical (unpaired) electrons. The number of aliphatic carboxylic acids is 1. The van der Waals surface area contributed by atoms with Gasteiger partial charge < -0.3 is 20.2 Å². The Bertz CT molecular complexity index is 243. The number of aliphatic hydroxyl groups excluding tert-OH is 2. The number of carboxylic acid groups (broad SMARTS) is 1. The lowest BCUT2D eigenvalue weighted by molar-refractivity contribution is -0.157. The van der Waals surface area contributed by atoms with Gasteiger partial charge in [0, 0.05) is 13.5 Å². The summed E-state index contributed by atoms with van der Waals surface area (Å²) < 4.78 is 0. The highest BCUT2D eigenvalue weighted by molar-refractivity contribution is 5.75. The molecular formula is C9H17NO5. The molecule has 0 aromatic carbocycles. The summed E-state index contributed by atoms with van der Waals surface area (Å²) >= 11 is 0. The third kappa shape index (κ3) is 3.49. The Hall–Kier alpha value is -1.14. The first-order valence-corrected chi connectivity index (χ1v) is 4.69. The van der Waals surface area contributed by atoms with Crippen molar-refractivity contribution >= 4 is 11.9 Å². The minimum absolute atomic E-state index is 0.276. The lowest BCUT2D eigenvalue weighted by Gasteiger charge is -2.31. The average molecular weight is 219 g/mol. The van der Waals surface area contributed by atoms with Gasteiger partial charge in [0.1, 0.15) is 6.10 Å². The van der Waals surface area contributed by atoms with Gasteiger partial charge in [0.05, 0.1) is 6.04 Å². The molecule has 3 N–H and O–H groups in total. The molecule has 0 aromatic heterocycles. The number of amides is 1. The summed E-state index contributed by atoms with van der Waals surface area (Å²) in [4.78, 5) is 22.8. The fourth-order valence-corrected chi connectivity index (χ4v) is 1.39. The second-order valence-corrected chi connectivity index (χ2v) is 3.32. The Kier molecular flexibility index (Phi) is 5.24. The summed E-state index contributed by atoms with van der Waals surface area (Å²) in [6.07, 6.45) is -3.38. The first-order chi connectivity index (χ1) is 6.82. The maximum atomic E-state index is 11.1. The lowest BCUT2D eigenvalue weighted by Crippen LogP contribution is -2.50. The monoisotopic (exact) mass is 219 g/mol. The number of carbonyl (C=O) groups is 2. The molecule has 1 amide bonds. The minimum atomic E-state index is -1.88. The van der Waals surface area contributed by atoms with Crippen molar-refractivity contribution in [2.45, 2.75) is 39.0 Å². The number of carboxylic acids is 1. The van der Waals surface area contributed by atoms with Crippen molar-refractivity contribution in [3.8, 4) is 0 Å². The van der Waals surface area contributed by atoms with Gasteiger partial charge >= 0.3 is 5.97 Å². The van der Waals surface area contributed by atoms with Crippen LogP contribution in [0.25, 0.3) is 0 Å². The van der Waals surface area contributed by atoms with E-state index in [2.05, 4.69) is 0 Å². The van der Waals surface area contributed by atoms with Crippen molar-refractivity contribution in [1.29, 1.82) is 0 Å². The molecule has 0 spiro atoms. The molecule has 2 unspecified atom stereocenters. The highest BCUT2D eigenvalue weighted by Crippen LogP contribution is 2.08. The van der Waals surface area contributed by atoms with Gasteiger partial charge in [-0.05, 0) is 13.8 Å². The van der Waals surface area contributed by atoms with E-state index in [1.807, 2.05) is 0 Å². The zero-order chi connectivity index (χ0) is 12.2. The predicted molar refractivity (Wildman–Crippen MR) is 52.2 cm³/mol. The van der Waals surface area contributed by atoms with Crippen LogP contribution in [0.3, 0.4) is 0 Å².